The van der Waals surface area contributed by atoms with Crippen LogP contribution in [0.15, 0.2) is 36.5 Å². The smallest absolute Gasteiger partial charge is 0.249 e. The third kappa shape index (κ3) is 39.7. The largest absolute Gasteiger partial charge is 0.394 e. The molecule has 0 aromatic rings. The lowest BCUT2D eigenvalue weighted by Gasteiger charge is -2.27. The van der Waals surface area contributed by atoms with Gasteiger partial charge in [-0.05, 0) is 70.6 Å². The van der Waals surface area contributed by atoms with Crippen molar-refractivity contribution >= 4 is 5.91 Å². The van der Waals surface area contributed by atoms with Crippen molar-refractivity contribution in [1.29, 1.82) is 0 Å². The average Bonchev–Trinajstić information content (AvgIpc) is 3.22. The molecular weight excluding hydrogens is 707 g/mol. The highest BCUT2D eigenvalue weighted by Crippen LogP contribution is 2.16. The summed E-state index contributed by atoms with van der Waals surface area (Å²) in [5.41, 5.74) is 0. The zero-order valence-corrected chi connectivity index (χ0v) is 37.8. The molecule has 1 amide bonds. The lowest BCUT2D eigenvalue weighted by Crippen LogP contribution is -2.53. The van der Waals surface area contributed by atoms with E-state index in [-0.39, 0.29) is 0 Å². The second kappa shape index (κ2) is 45.6. The lowest BCUT2D eigenvalue weighted by atomic mass is 10.00. The summed E-state index contributed by atoms with van der Waals surface area (Å²) in [7, 11) is 0. The third-order valence-electron chi connectivity index (χ3n) is 11.6. The molecule has 336 valence electrons. The number of aliphatic hydroxyl groups excluding tert-OH is 4. The molecule has 4 unspecified atom stereocenters. The van der Waals surface area contributed by atoms with Crippen molar-refractivity contribution in [3.05, 3.63) is 36.5 Å². The summed E-state index contributed by atoms with van der Waals surface area (Å²) >= 11 is 0. The lowest BCUT2D eigenvalue weighted by molar-refractivity contribution is -0.132. The molecule has 57 heavy (non-hydrogen) atoms. The van der Waals surface area contributed by atoms with Crippen molar-refractivity contribution in [2.45, 2.75) is 276 Å². The Morgan fingerprint density at radius 1 is 0.439 bits per heavy atom. The van der Waals surface area contributed by atoms with Gasteiger partial charge in [-0.3, -0.25) is 4.79 Å². The Morgan fingerprint density at radius 2 is 0.772 bits per heavy atom. The predicted molar refractivity (Wildman–Crippen MR) is 247 cm³/mol. The first-order valence-corrected chi connectivity index (χ1v) is 24.9. The van der Waals surface area contributed by atoms with E-state index in [1.54, 1.807) is 0 Å². The van der Waals surface area contributed by atoms with Crippen LogP contribution >= 0.6 is 0 Å². The van der Waals surface area contributed by atoms with Crippen LogP contribution in [0.4, 0.5) is 0 Å². The Kier molecular flexibility index (Phi) is 44.4. The molecular formula is C51H97NO5. The van der Waals surface area contributed by atoms with E-state index in [4.69, 9.17) is 0 Å². The van der Waals surface area contributed by atoms with Gasteiger partial charge in [-0.15, -0.1) is 0 Å². The van der Waals surface area contributed by atoms with E-state index >= 15 is 0 Å². The molecule has 0 fully saturated rings. The molecule has 0 aliphatic heterocycles. The van der Waals surface area contributed by atoms with Gasteiger partial charge in [-0.1, -0.05) is 217 Å². The van der Waals surface area contributed by atoms with Crippen LogP contribution in [0.1, 0.15) is 251 Å². The molecule has 0 saturated carbocycles. The Morgan fingerprint density at radius 3 is 1.19 bits per heavy atom. The van der Waals surface area contributed by atoms with Crippen molar-refractivity contribution in [3.8, 4) is 0 Å². The van der Waals surface area contributed by atoms with E-state index in [9.17, 15) is 25.2 Å². The molecule has 0 saturated heterocycles. The number of hydrogen-bond donors (Lipinski definition) is 5. The number of allylic oxidation sites excluding steroid dienone is 6. The maximum Gasteiger partial charge on any atom is 0.249 e. The van der Waals surface area contributed by atoms with Gasteiger partial charge in [0.1, 0.15) is 12.2 Å². The number of aliphatic hydroxyl groups is 4. The molecule has 0 heterocycles. The van der Waals surface area contributed by atoms with E-state index < -0.39 is 36.9 Å². The molecule has 0 aliphatic carbocycles. The van der Waals surface area contributed by atoms with Gasteiger partial charge < -0.3 is 25.7 Å². The van der Waals surface area contributed by atoms with Crippen molar-refractivity contribution in [2.24, 2.45) is 0 Å². The van der Waals surface area contributed by atoms with Gasteiger partial charge in [0.05, 0.1) is 18.8 Å². The second-order valence-electron chi connectivity index (χ2n) is 17.2. The minimum atomic E-state index is -1.29. The molecule has 0 radical (unpaired) electrons. The molecule has 0 aromatic heterocycles. The van der Waals surface area contributed by atoms with Crippen LogP contribution in [0.3, 0.4) is 0 Å². The third-order valence-corrected chi connectivity index (χ3v) is 11.6. The predicted octanol–water partition coefficient (Wildman–Crippen LogP) is 13.7. The first kappa shape index (κ1) is 55.5. The van der Waals surface area contributed by atoms with Gasteiger partial charge in [0.2, 0.25) is 5.91 Å². The number of rotatable bonds is 45. The molecule has 0 rings (SSSR count). The Hall–Kier alpha value is -1.47. The number of nitrogens with one attached hydrogen (secondary N) is 1. The van der Waals surface area contributed by atoms with Crippen molar-refractivity contribution in [2.75, 3.05) is 6.61 Å². The Labute approximate surface area is 354 Å². The second-order valence-corrected chi connectivity index (χ2v) is 17.2. The zero-order chi connectivity index (χ0) is 41.7. The fourth-order valence-electron chi connectivity index (χ4n) is 7.61. The van der Waals surface area contributed by atoms with Crippen molar-refractivity contribution in [1.82, 2.24) is 5.32 Å². The highest BCUT2D eigenvalue weighted by molar-refractivity contribution is 5.80. The molecule has 5 N–H and O–H groups in total. The maximum atomic E-state index is 12.5. The van der Waals surface area contributed by atoms with Crippen LogP contribution in [-0.2, 0) is 4.79 Å². The molecule has 6 heteroatoms. The van der Waals surface area contributed by atoms with Crippen LogP contribution in [0, 0.1) is 0 Å². The number of carbonyl (C=O) groups excluding carboxylic acids is 1. The first-order valence-electron chi connectivity index (χ1n) is 24.9. The van der Waals surface area contributed by atoms with E-state index in [2.05, 4.69) is 55.6 Å². The quantitative estimate of drug-likeness (QED) is 0.0311. The van der Waals surface area contributed by atoms with E-state index in [1.165, 1.54) is 167 Å². The van der Waals surface area contributed by atoms with Gasteiger partial charge in [-0.2, -0.15) is 0 Å². The van der Waals surface area contributed by atoms with E-state index in [0.717, 1.165) is 57.8 Å². The molecule has 0 spiro atoms. The van der Waals surface area contributed by atoms with Crippen LogP contribution < -0.4 is 5.32 Å². The summed E-state index contributed by atoms with van der Waals surface area (Å²) in [6, 6.07) is -1.01. The summed E-state index contributed by atoms with van der Waals surface area (Å²) in [5, 5.41) is 43.8. The monoisotopic (exact) mass is 804 g/mol. The van der Waals surface area contributed by atoms with E-state index in [1.807, 2.05) is 0 Å². The minimum Gasteiger partial charge on any atom is -0.394 e. The van der Waals surface area contributed by atoms with Gasteiger partial charge in [0.25, 0.3) is 0 Å². The summed E-state index contributed by atoms with van der Waals surface area (Å²) in [4.78, 5) is 12.5. The molecule has 4 atom stereocenters. The highest BCUT2D eigenvalue weighted by atomic mass is 16.3. The Balaban J connectivity index is 3.71. The number of amides is 1. The van der Waals surface area contributed by atoms with Gasteiger partial charge in [0.15, 0.2) is 0 Å². The van der Waals surface area contributed by atoms with Crippen LogP contribution in [0.25, 0.3) is 0 Å². The first-order chi connectivity index (χ1) is 28.0. The normalized spacial score (nSPS) is 14.3. The fraction of sp³-hybridized carbons (Fsp3) is 0.863. The SMILES string of the molecule is CCCCC/C=C\C/C=C\CCCCCCCCC(O)C(=O)NC(CO)C(O)C(O)CCC/C=C/CCCCCCCCCCCCCCCCCCCCCC. The molecule has 6 nitrogen and oxygen atoms in total. The zero-order valence-electron chi connectivity index (χ0n) is 37.8. The maximum absolute atomic E-state index is 12.5. The van der Waals surface area contributed by atoms with Crippen molar-refractivity contribution < 1.29 is 25.2 Å². The number of unbranched alkanes of at least 4 members (excludes halogenated alkanes) is 30. The summed E-state index contributed by atoms with van der Waals surface area (Å²) < 4.78 is 0. The standard InChI is InChI=1S/C51H97NO5/c1-3-5-7-9-11-13-15-17-19-21-22-23-24-25-26-27-28-29-31-32-34-36-38-40-42-44-48(54)50(56)47(46-53)52-51(57)49(55)45-43-41-39-37-35-33-30-20-18-16-14-12-10-8-6-4-2/h12,14,18,20,36,38,47-50,53-56H,3-11,13,15-17,19,21-35,37,39-46H2,1-2H3,(H,52,57)/b14-12-,20-18-,38-36+. The summed E-state index contributed by atoms with van der Waals surface area (Å²) in [6.07, 6.45) is 54.8. The number of hydrogen-bond acceptors (Lipinski definition) is 5. The summed E-state index contributed by atoms with van der Waals surface area (Å²) in [6.45, 7) is 4.02. The van der Waals surface area contributed by atoms with Gasteiger partial charge in [0, 0.05) is 0 Å². The minimum absolute atomic E-state index is 0.350. The highest BCUT2D eigenvalue weighted by Gasteiger charge is 2.28. The number of carbonyl (C=O) groups is 1. The van der Waals surface area contributed by atoms with Crippen molar-refractivity contribution in [3.63, 3.8) is 0 Å². The average molecular weight is 804 g/mol. The molecule has 0 bridgehead atoms. The van der Waals surface area contributed by atoms with Gasteiger partial charge in [-0.25, -0.2) is 0 Å². The molecule has 0 aromatic carbocycles. The van der Waals surface area contributed by atoms with Crippen LogP contribution in [-0.4, -0.2) is 57.3 Å². The topological polar surface area (TPSA) is 110 Å². The van der Waals surface area contributed by atoms with Crippen LogP contribution in [0.5, 0.6) is 0 Å². The summed E-state index contributed by atoms with van der Waals surface area (Å²) in [5.74, 6) is -0.601. The fourth-order valence-corrected chi connectivity index (χ4v) is 7.61. The van der Waals surface area contributed by atoms with Gasteiger partial charge >= 0.3 is 0 Å². The van der Waals surface area contributed by atoms with E-state index in [0.29, 0.717) is 12.8 Å². The molecule has 0 aliphatic rings. The Bertz CT molecular complexity index is 904. The van der Waals surface area contributed by atoms with Crippen LogP contribution in [0.2, 0.25) is 0 Å².